The van der Waals surface area contributed by atoms with Crippen LogP contribution in [0.5, 0.6) is 11.5 Å². The van der Waals surface area contributed by atoms with Crippen molar-refractivity contribution in [1.82, 2.24) is 16.0 Å². The second-order valence-corrected chi connectivity index (χ2v) is 25.7. The van der Waals surface area contributed by atoms with Gasteiger partial charge in [0.25, 0.3) is 0 Å². The standard InChI is InChI=1S/C54H79N5O7S2/c1-35(61)65-44-29-39(62)14-22-52-21-13-36-8-7-20-53(30-40(15-25-57-53)66-45-28-37(26-42(36)44)38(32-60)27-43(45)63)47-12-11-41(31-56-47)68-67-34-54(59-49(55)58-46(52)9-6-10-48(52)64)33-50(16-2-3-17-50)23-24-51(54)18-4-5-19-51/h6,9,27-28,36,39-42,44,46-48,56-57,60,62-64H,2-5,7-8,10-12,14-20,22-26,29-34H2,1H3,(H3,55,58,59). The summed E-state index contributed by atoms with van der Waals surface area (Å²) in [5.41, 5.74) is 7.61. The van der Waals surface area contributed by atoms with Gasteiger partial charge in [0.2, 0.25) is 0 Å². The minimum absolute atomic E-state index is 0.00881. The number of piperidine rings is 2. The highest BCUT2D eigenvalue weighted by molar-refractivity contribution is 8.77. The Labute approximate surface area is 412 Å². The van der Waals surface area contributed by atoms with Crippen molar-refractivity contribution in [3.63, 3.8) is 0 Å². The minimum Gasteiger partial charge on any atom is -0.504 e. The molecule has 8 bridgehead atoms. The lowest BCUT2D eigenvalue weighted by Gasteiger charge is -2.58. The van der Waals surface area contributed by atoms with Gasteiger partial charge in [0.1, 0.15) is 12.2 Å². The summed E-state index contributed by atoms with van der Waals surface area (Å²) in [4.78, 5) is 18.5. The number of ether oxygens (including phenoxy) is 2. The molecule has 14 heteroatoms. The molecule has 12 atom stereocenters. The summed E-state index contributed by atoms with van der Waals surface area (Å²) in [6.07, 6.45) is 23.0. The van der Waals surface area contributed by atoms with E-state index in [0.29, 0.717) is 60.0 Å². The summed E-state index contributed by atoms with van der Waals surface area (Å²) >= 11 is 0. The predicted octanol–water partition coefficient (Wildman–Crippen LogP) is 7.33. The van der Waals surface area contributed by atoms with Crippen LogP contribution in [0, 0.1) is 39.9 Å². The molecule has 2 saturated heterocycles. The molecular weight excluding hydrogens is 895 g/mol. The summed E-state index contributed by atoms with van der Waals surface area (Å²) in [5.74, 6) is 8.21. The maximum Gasteiger partial charge on any atom is 0.302 e. The van der Waals surface area contributed by atoms with Crippen LogP contribution in [0.3, 0.4) is 0 Å². The number of guanidine groups is 1. The summed E-state index contributed by atoms with van der Waals surface area (Å²) in [7, 11) is 4.11. The maximum atomic E-state index is 13.0. The molecule has 5 spiro atoms. The van der Waals surface area contributed by atoms with Gasteiger partial charge < -0.3 is 51.6 Å². The fourth-order valence-electron chi connectivity index (χ4n) is 15.5. The highest BCUT2D eigenvalue weighted by Crippen LogP contribution is 2.64. The number of esters is 1. The molecule has 68 heavy (non-hydrogen) atoms. The van der Waals surface area contributed by atoms with E-state index in [2.05, 4.69) is 44.7 Å². The van der Waals surface area contributed by atoms with Crippen LogP contribution >= 0.6 is 21.6 Å². The van der Waals surface area contributed by atoms with Crippen molar-refractivity contribution in [2.75, 3.05) is 18.8 Å². The molecule has 1 aromatic carbocycles. The van der Waals surface area contributed by atoms with Crippen molar-refractivity contribution in [2.45, 2.75) is 214 Å². The first-order valence-corrected chi connectivity index (χ1v) is 29.0. The van der Waals surface area contributed by atoms with Crippen LogP contribution in [-0.2, 0) is 22.6 Å². The van der Waals surface area contributed by atoms with Crippen LogP contribution < -0.4 is 26.4 Å². The number of phenolic OH excluding ortho intramolecular Hbond substituents is 1. The first-order chi connectivity index (χ1) is 32.9. The largest absolute Gasteiger partial charge is 0.504 e. The number of aliphatic hydroxyl groups is 3. The first kappa shape index (κ1) is 49.0. The molecule has 12 unspecified atom stereocenters. The van der Waals surface area contributed by atoms with Crippen molar-refractivity contribution in [3.8, 4) is 23.3 Å². The van der Waals surface area contributed by atoms with Crippen molar-refractivity contribution in [2.24, 2.45) is 38.8 Å². The third kappa shape index (κ3) is 9.58. The lowest BCUT2D eigenvalue weighted by molar-refractivity contribution is -0.152. The van der Waals surface area contributed by atoms with Gasteiger partial charge in [0.15, 0.2) is 17.5 Å². The summed E-state index contributed by atoms with van der Waals surface area (Å²) in [6, 6.07) is 3.13. The molecule has 5 heterocycles. The third-order valence-electron chi connectivity index (χ3n) is 19.1. The molecule has 374 valence electrons. The number of fused-ring (bicyclic) bond motifs is 8. The zero-order chi connectivity index (χ0) is 47.2. The van der Waals surface area contributed by atoms with Crippen LogP contribution in [0.1, 0.15) is 159 Å². The first-order valence-electron chi connectivity index (χ1n) is 26.6. The average Bonchev–Trinajstić information content (AvgIpc) is 4.00. The highest BCUT2D eigenvalue weighted by atomic mass is 33.1. The maximum absolute atomic E-state index is 13.0. The van der Waals surface area contributed by atoms with E-state index < -0.39 is 41.7 Å². The normalized spacial score (nSPS) is 40.2. The third-order valence-corrected chi connectivity index (χ3v) is 22.1. The molecule has 5 fully saturated rings. The van der Waals surface area contributed by atoms with Crippen LogP contribution in [0.25, 0.3) is 0 Å². The molecule has 10 aliphatic rings. The number of benzene rings is 1. The molecular formula is C54H79N5O7S2. The number of hydrogen-bond acceptors (Lipinski definition) is 14. The van der Waals surface area contributed by atoms with Gasteiger partial charge >= 0.3 is 5.97 Å². The number of nitrogens with one attached hydrogen (secondary N) is 3. The zero-order valence-corrected chi connectivity index (χ0v) is 42.1. The number of nitrogens with two attached hydrogens (primary N) is 1. The van der Waals surface area contributed by atoms with Crippen molar-refractivity contribution < 1.29 is 34.7 Å². The summed E-state index contributed by atoms with van der Waals surface area (Å²) in [5, 5.41) is 59.4. The molecule has 0 aromatic heterocycles. The quantitative estimate of drug-likeness (QED) is 0.0637. The second-order valence-electron chi connectivity index (χ2n) is 23.1. The molecule has 5 aliphatic heterocycles. The number of hydrogen-bond donors (Lipinski definition) is 8. The van der Waals surface area contributed by atoms with E-state index in [1.54, 1.807) is 6.07 Å². The van der Waals surface area contributed by atoms with Crippen LogP contribution in [0.4, 0.5) is 0 Å². The SMILES string of the molecule is CC(=O)OC1CC(O)CCC23C#CC4CCCC5(CC(CCN5)Oc5cc(c(CO)cc5O)CC41)C1CCC(CN1)SSCC1(CC4(CCCC4)CCC14CCCC4)NC(N)=NC2C=CCC3O. The van der Waals surface area contributed by atoms with Crippen molar-refractivity contribution in [1.29, 1.82) is 0 Å². The molecule has 1 aromatic rings. The van der Waals surface area contributed by atoms with E-state index in [0.717, 1.165) is 69.4 Å². The van der Waals surface area contributed by atoms with Crippen molar-refractivity contribution in [3.05, 3.63) is 35.4 Å². The summed E-state index contributed by atoms with van der Waals surface area (Å²) in [6.45, 7) is 2.83. The molecule has 0 amide bonds. The van der Waals surface area contributed by atoms with E-state index in [4.69, 9.17) is 20.2 Å². The van der Waals surface area contributed by atoms with Crippen LogP contribution in [0.2, 0.25) is 0 Å². The number of rotatable bonds is 2. The number of aliphatic hydroxyl groups excluding tert-OH is 3. The number of nitrogens with zero attached hydrogens (tertiary/aromatic N) is 1. The molecule has 12 nitrogen and oxygen atoms in total. The Bertz CT molecular complexity index is 2110. The number of aliphatic imine (C=N–C) groups is 1. The van der Waals surface area contributed by atoms with Gasteiger partial charge in [-0.05, 0) is 143 Å². The Balaban J connectivity index is 1.13. The molecule has 9 N–H and O–H groups in total. The number of aromatic hydroxyl groups is 1. The highest BCUT2D eigenvalue weighted by Gasteiger charge is 2.60. The van der Waals surface area contributed by atoms with E-state index in [1.165, 1.54) is 71.1 Å². The monoisotopic (exact) mass is 974 g/mol. The van der Waals surface area contributed by atoms with Crippen molar-refractivity contribution >= 4 is 33.5 Å². The smallest absolute Gasteiger partial charge is 0.302 e. The molecule has 5 aliphatic carbocycles. The Hall–Kier alpha value is -2.64. The lowest BCUT2D eigenvalue weighted by Crippen LogP contribution is -2.67. The molecule has 11 rings (SSSR count). The van der Waals surface area contributed by atoms with Gasteiger partial charge in [-0.2, -0.15) is 0 Å². The van der Waals surface area contributed by atoms with Gasteiger partial charge in [-0.25, -0.2) is 4.99 Å². The Morgan fingerprint density at radius 1 is 1.00 bits per heavy atom. The van der Waals surface area contributed by atoms with E-state index in [-0.39, 0.29) is 53.3 Å². The number of phenols is 1. The van der Waals surface area contributed by atoms with Gasteiger partial charge in [-0.1, -0.05) is 77.7 Å². The lowest BCUT2D eigenvalue weighted by atomic mass is 9.53. The minimum atomic E-state index is -1.04. The predicted molar refractivity (Wildman–Crippen MR) is 270 cm³/mol. The fraction of sp³-hybridized carbons (Fsp3) is 0.778. The van der Waals surface area contributed by atoms with Gasteiger partial charge in [0.05, 0.1) is 35.8 Å². The van der Waals surface area contributed by atoms with E-state index >= 15 is 0 Å². The van der Waals surface area contributed by atoms with Crippen LogP contribution in [0.15, 0.2) is 29.3 Å². The van der Waals surface area contributed by atoms with E-state index in [1.807, 2.05) is 22.9 Å². The number of carbonyl (C=O) groups is 1. The number of carbonyl (C=O) groups excluding carboxylic acids is 1. The van der Waals surface area contributed by atoms with Gasteiger partial charge in [-0.3, -0.25) is 4.79 Å². The second kappa shape index (κ2) is 20.1. The summed E-state index contributed by atoms with van der Waals surface area (Å²) < 4.78 is 13.1. The Kier molecular flexibility index (Phi) is 14.5. The Morgan fingerprint density at radius 3 is 2.60 bits per heavy atom. The van der Waals surface area contributed by atoms with Gasteiger partial charge in [0, 0.05) is 60.7 Å². The average molecular weight is 974 g/mol. The zero-order valence-electron chi connectivity index (χ0n) is 40.5. The van der Waals surface area contributed by atoms with Crippen LogP contribution in [-0.4, -0.2) is 104 Å². The Morgan fingerprint density at radius 2 is 1.82 bits per heavy atom. The van der Waals surface area contributed by atoms with E-state index in [9.17, 15) is 25.2 Å². The fourth-order valence-corrected chi connectivity index (χ4v) is 18.7. The topological polar surface area (TPSA) is 191 Å². The van der Waals surface area contributed by atoms with Gasteiger partial charge in [-0.15, -0.1) is 0 Å². The molecule has 0 radical (unpaired) electrons. The molecule has 3 saturated carbocycles.